The van der Waals surface area contributed by atoms with Gasteiger partial charge in [-0.05, 0) is 17.7 Å². The van der Waals surface area contributed by atoms with Crippen molar-refractivity contribution in [3.8, 4) is 11.8 Å². The molecule has 0 unspecified atom stereocenters. The van der Waals surface area contributed by atoms with Gasteiger partial charge in [-0.1, -0.05) is 29.8 Å². The highest BCUT2D eigenvalue weighted by atomic mass is 35.5. The van der Waals surface area contributed by atoms with Crippen LogP contribution in [0.15, 0.2) is 54.2 Å². The predicted molar refractivity (Wildman–Crippen MR) is 100 cm³/mol. The summed E-state index contributed by atoms with van der Waals surface area (Å²) in [6.45, 7) is 0.165. The fourth-order valence-electron chi connectivity index (χ4n) is 2.12. The average Bonchev–Trinajstić information content (AvgIpc) is 2.67. The number of nitrogens with one attached hydrogen (secondary N) is 2. The van der Waals surface area contributed by atoms with E-state index in [1.807, 2.05) is 0 Å². The molecule has 2 rings (SSSR count). The topological polar surface area (TPSA) is 117 Å². The van der Waals surface area contributed by atoms with E-state index in [1.165, 1.54) is 31.5 Å². The number of hydrogen-bond acceptors (Lipinski definition) is 6. The molecule has 0 atom stereocenters. The number of carbonyl (C=O) groups is 1. The van der Waals surface area contributed by atoms with Crippen molar-refractivity contribution in [1.82, 2.24) is 5.32 Å². The van der Waals surface area contributed by atoms with Crippen molar-refractivity contribution in [3.63, 3.8) is 0 Å². The Morgan fingerprint density at radius 2 is 2.11 bits per heavy atom. The van der Waals surface area contributed by atoms with Gasteiger partial charge < -0.3 is 15.4 Å². The Balaban J connectivity index is 2.10. The Morgan fingerprint density at radius 3 is 2.74 bits per heavy atom. The van der Waals surface area contributed by atoms with Crippen LogP contribution in [-0.4, -0.2) is 17.9 Å². The van der Waals surface area contributed by atoms with E-state index < -0.39 is 10.8 Å². The van der Waals surface area contributed by atoms with E-state index in [9.17, 15) is 20.2 Å². The van der Waals surface area contributed by atoms with Gasteiger partial charge in [-0.2, -0.15) is 5.26 Å². The quantitative estimate of drug-likeness (QED) is 0.326. The molecule has 0 bridgehead atoms. The van der Waals surface area contributed by atoms with E-state index in [0.29, 0.717) is 10.7 Å². The summed E-state index contributed by atoms with van der Waals surface area (Å²) in [5, 5.41) is 25.9. The minimum Gasteiger partial charge on any atom is -0.494 e. The summed E-state index contributed by atoms with van der Waals surface area (Å²) in [6.07, 6.45) is 1.20. The van der Waals surface area contributed by atoms with Gasteiger partial charge in [0.1, 0.15) is 17.4 Å². The first kappa shape index (κ1) is 19.8. The molecule has 0 saturated carbocycles. The molecule has 1 amide bonds. The molecule has 8 nitrogen and oxygen atoms in total. The molecule has 9 heteroatoms. The molecule has 0 saturated heterocycles. The zero-order chi connectivity index (χ0) is 19.8. The van der Waals surface area contributed by atoms with E-state index >= 15 is 0 Å². The minimum absolute atomic E-state index is 0.139. The number of rotatable bonds is 7. The number of non-ortho nitro benzene ring substituents is 1. The monoisotopic (exact) mass is 386 g/mol. The fourth-order valence-corrected chi connectivity index (χ4v) is 2.33. The lowest BCUT2D eigenvalue weighted by Crippen LogP contribution is -2.24. The summed E-state index contributed by atoms with van der Waals surface area (Å²) < 4.78 is 5.09. The average molecular weight is 387 g/mol. The van der Waals surface area contributed by atoms with Crippen LogP contribution >= 0.6 is 11.6 Å². The predicted octanol–water partition coefficient (Wildman–Crippen LogP) is 3.39. The van der Waals surface area contributed by atoms with E-state index in [0.717, 1.165) is 5.56 Å². The lowest BCUT2D eigenvalue weighted by Gasteiger charge is -2.09. The Labute approximate surface area is 160 Å². The second-order valence-electron chi connectivity index (χ2n) is 5.23. The number of ether oxygens (including phenoxy) is 1. The molecule has 0 radical (unpaired) electrons. The third-order valence-corrected chi connectivity index (χ3v) is 3.90. The summed E-state index contributed by atoms with van der Waals surface area (Å²) >= 11 is 6.03. The van der Waals surface area contributed by atoms with Crippen LogP contribution in [0.2, 0.25) is 5.02 Å². The molecule has 138 valence electrons. The highest BCUT2D eigenvalue weighted by Crippen LogP contribution is 2.29. The van der Waals surface area contributed by atoms with Gasteiger partial charge in [0.25, 0.3) is 11.6 Å². The maximum Gasteiger partial charge on any atom is 0.273 e. The Bertz CT molecular complexity index is 937. The van der Waals surface area contributed by atoms with E-state index in [1.54, 1.807) is 30.3 Å². The van der Waals surface area contributed by atoms with Crippen LogP contribution in [0.25, 0.3) is 0 Å². The van der Waals surface area contributed by atoms with Crippen LogP contribution in [0.4, 0.5) is 11.4 Å². The normalized spacial score (nSPS) is 10.6. The number of anilines is 1. The van der Waals surface area contributed by atoms with Gasteiger partial charge >= 0.3 is 0 Å². The lowest BCUT2D eigenvalue weighted by molar-refractivity contribution is -0.384. The van der Waals surface area contributed by atoms with Gasteiger partial charge in [-0.25, -0.2) is 0 Å². The van der Waals surface area contributed by atoms with Crippen LogP contribution in [0, 0.1) is 21.4 Å². The molecule has 0 aliphatic carbocycles. The summed E-state index contributed by atoms with van der Waals surface area (Å²) in [5.41, 5.74) is 0.770. The maximum absolute atomic E-state index is 12.2. The van der Waals surface area contributed by atoms with Crippen molar-refractivity contribution in [1.29, 1.82) is 5.26 Å². The Kier molecular flexibility index (Phi) is 6.74. The number of halogens is 1. The molecular weight excluding hydrogens is 372 g/mol. The largest absolute Gasteiger partial charge is 0.494 e. The molecule has 0 fully saturated rings. The number of methoxy groups -OCH3 is 1. The molecule has 2 N–H and O–H groups in total. The van der Waals surface area contributed by atoms with Crippen LogP contribution < -0.4 is 15.4 Å². The molecule has 27 heavy (non-hydrogen) atoms. The molecule has 0 spiro atoms. The standard InChI is InChI=1S/C18H15ClN4O4/c1-27-17-8-14(23(25)26)6-7-16(17)21-11-13(9-20)18(24)22-10-12-4-2-3-5-15(12)19/h2-8,11,21H,10H2,1H3,(H,22,24)/b13-11-. The third kappa shape index (κ3) is 5.20. The Hall–Kier alpha value is -3.57. The maximum atomic E-state index is 12.2. The lowest BCUT2D eigenvalue weighted by atomic mass is 10.2. The number of benzene rings is 2. The van der Waals surface area contributed by atoms with Gasteiger partial charge in [0.05, 0.1) is 23.8 Å². The van der Waals surface area contributed by atoms with E-state index in [4.69, 9.17) is 16.3 Å². The van der Waals surface area contributed by atoms with Gasteiger partial charge in [0.15, 0.2) is 0 Å². The molecule has 0 aliphatic heterocycles. The van der Waals surface area contributed by atoms with Gasteiger partial charge in [-0.15, -0.1) is 0 Å². The first-order valence-electron chi connectivity index (χ1n) is 7.67. The van der Waals surface area contributed by atoms with Gasteiger partial charge in [0.2, 0.25) is 0 Å². The number of nitrogens with zero attached hydrogens (tertiary/aromatic N) is 2. The van der Waals surface area contributed by atoms with Crippen molar-refractivity contribution in [2.75, 3.05) is 12.4 Å². The van der Waals surface area contributed by atoms with Crippen LogP contribution in [0.3, 0.4) is 0 Å². The third-order valence-electron chi connectivity index (χ3n) is 3.53. The number of nitriles is 1. The number of amides is 1. The van der Waals surface area contributed by atoms with E-state index in [-0.39, 0.29) is 23.6 Å². The number of nitro benzene ring substituents is 1. The van der Waals surface area contributed by atoms with Crippen LogP contribution in [0.5, 0.6) is 5.75 Å². The van der Waals surface area contributed by atoms with Gasteiger partial charge in [-0.3, -0.25) is 14.9 Å². The van der Waals surface area contributed by atoms with Crippen molar-refractivity contribution < 1.29 is 14.5 Å². The summed E-state index contributed by atoms with van der Waals surface area (Å²) in [6, 6.07) is 12.8. The molecule has 2 aromatic rings. The molecule has 0 heterocycles. The number of nitro groups is 1. The zero-order valence-electron chi connectivity index (χ0n) is 14.2. The number of carbonyl (C=O) groups excluding carboxylic acids is 1. The highest BCUT2D eigenvalue weighted by molar-refractivity contribution is 6.31. The second kappa shape index (κ2) is 9.22. The van der Waals surface area contributed by atoms with Crippen LogP contribution in [0.1, 0.15) is 5.56 Å². The summed E-state index contributed by atoms with van der Waals surface area (Å²) in [5.74, 6) is -0.389. The van der Waals surface area contributed by atoms with Crippen LogP contribution in [-0.2, 0) is 11.3 Å². The van der Waals surface area contributed by atoms with Gasteiger partial charge in [0, 0.05) is 23.8 Å². The molecule has 0 aromatic heterocycles. The van der Waals surface area contributed by atoms with Crippen molar-refractivity contribution in [2.45, 2.75) is 6.54 Å². The van der Waals surface area contributed by atoms with Crippen molar-refractivity contribution >= 4 is 28.9 Å². The first-order chi connectivity index (χ1) is 13.0. The molecule has 2 aromatic carbocycles. The highest BCUT2D eigenvalue weighted by Gasteiger charge is 2.13. The smallest absolute Gasteiger partial charge is 0.273 e. The SMILES string of the molecule is COc1cc([N+](=O)[O-])ccc1N/C=C(/C#N)C(=O)NCc1ccccc1Cl. The number of hydrogen-bond donors (Lipinski definition) is 2. The van der Waals surface area contributed by atoms with Crippen molar-refractivity contribution in [2.24, 2.45) is 0 Å². The van der Waals surface area contributed by atoms with Crippen molar-refractivity contribution in [3.05, 3.63) is 74.9 Å². The first-order valence-corrected chi connectivity index (χ1v) is 8.05. The second-order valence-corrected chi connectivity index (χ2v) is 5.64. The summed E-state index contributed by atoms with van der Waals surface area (Å²) in [4.78, 5) is 22.4. The summed E-state index contributed by atoms with van der Waals surface area (Å²) in [7, 11) is 1.36. The minimum atomic E-state index is -0.592. The van der Waals surface area contributed by atoms with E-state index in [2.05, 4.69) is 10.6 Å². The molecular formula is C18H15ClN4O4. The fraction of sp³-hybridized carbons (Fsp3) is 0.111. The zero-order valence-corrected chi connectivity index (χ0v) is 15.0. The Morgan fingerprint density at radius 1 is 1.37 bits per heavy atom. The molecule has 0 aliphatic rings.